The molecule has 0 amide bonds. The highest BCUT2D eigenvalue weighted by Crippen LogP contribution is 2.46. The van der Waals surface area contributed by atoms with Gasteiger partial charge in [0.25, 0.3) is 0 Å². The van der Waals surface area contributed by atoms with Crippen LogP contribution in [-0.2, 0) is 0 Å². The molecule has 1 aromatic carbocycles. The van der Waals surface area contributed by atoms with Gasteiger partial charge in [0.1, 0.15) is 17.0 Å². The summed E-state index contributed by atoms with van der Waals surface area (Å²) in [4.78, 5) is 15.6. The average Bonchev–Trinajstić information content (AvgIpc) is 2.67. The minimum Gasteiger partial charge on any atom is -0.495 e. The Morgan fingerprint density at radius 1 is 1.00 bits per heavy atom. The summed E-state index contributed by atoms with van der Waals surface area (Å²) in [5.74, 6) is 1.60. The standard InChI is InChI=1S/C18H18Cl2N4O2S/c1-24(2)17-16-9(8-21-18(23-16)27-5)6-10(22-17)13-14(19)11(25-3)7-12(26-4)15(13)20/h6-8H,1-5H3. The van der Waals surface area contributed by atoms with Crippen molar-refractivity contribution < 1.29 is 9.47 Å². The number of nitrogens with zero attached hydrogens (tertiary/aromatic N) is 4. The van der Waals surface area contributed by atoms with Gasteiger partial charge in [-0.2, -0.15) is 0 Å². The first-order valence-electron chi connectivity index (χ1n) is 7.90. The Labute approximate surface area is 171 Å². The van der Waals surface area contributed by atoms with E-state index in [4.69, 9.17) is 37.7 Å². The second-order valence-electron chi connectivity index (χ2n) is 5.80. The predicted octanol–water partition coefficient (Wildman–Crippen LogP) is 4.80. The van der Waals surface area contributed by atoms with Gasteiger partial charge in [-0.25, -0.2) is 15.0 Å². The second-order valence-corrected chi connectivity index (χ2v) is 7.33. The summed E-state index contributed by atoms with van der Waals surface area (Å²) < 4.78 is 10.7. The quantitative estimate of drug-likeness (QED) is 0.430. The highest BCUT2D eigenvalue weighted by atomic mass is 35.5. The highest BCUT2D eigenvalue weighted by Gasteiger charge is 2.22. The first kappa shape index (κ1) is 19.8. The van der Waals surface area contributed by atoms with Gasteiger partial charge in [0.05, 0.1) is 30.0 Å². The fourth-order valence-electron chi connectivity index (χ4n) is 2.66. The normalized spacial score (nSPS) is 10.9. The molecule has 0 spiro atoms. The molecular weight excluding hydrogens is 407 g/mol. The van der Waals surface area contributed by atoms with E-state index < -0.39 is 0 Å². The fraction of sp³-hybridized carbons (Fsp3) is 0.278. The summed E-state index contributed by atoms with van der Waals surface area (Å²) in [6, 6.07) is 3.51. The molecule has 0 aliphatic carbocycles. The zero-order valence-electron chi connectivity index (χ0n) is 15.5. The first-order chi connectivity index (χ1) is 12.9. The van der Waals surface area contributed by atoms with Crippen molar-refractivity contribution in [2.24, 2.45) is 0 Å². The van der Waals surface area contributed by atoms with Gasteiger partial charge in [-0.15, -0.1) is 0 Å². The zero-order valence-corrected chi connectivity index (χ0v) is 17.8. The minimum atomic E-state index is 0.363. The van der Waals surface area contributed by atoms with Crippen molar-refractivity contribution >= 4 is 51.7 Å². The van der Waals surface area contributed by atoms with Gasteiger partial charge in [0.2, 0.25) is 0 Å². The average molecular weight is 425 g/mol. The number of benzene rings is 1. The zero-order chi connectivity index (χ0) is 19.7. The second kappa shape index (κ2) is 7.96. The molecule has 142 valence electrons. The van der Waals surface area contributed by atoms with Gasteiger partial charge in [0, 0.05) is 37.3 Å². The van der Waals surface area contributed by atoms with E-state index in [2.05, 4.69) is 9.97 Å². The third-order valence-corrected chi connectivity index (χ3v) is 5.27. The van der Waals surface area contributed by atoms with E-state index >= 15 is 0 Å². The molecule has 0 radical (unpaired) electrons. The molecule has 27 heavy (non-hydrogen) atoms. The van der Waals surface area contributed by atoms with E-state index in [0.717, 1.165) is 10.9 Å². The van der Waals surface area contributed by atoms with E-state index in [1.54, 1.807) is 12.3 Å². The fourth-order valence-corrected chi connectivity index (χ4v) is 3.69. The maximum atomic E-state index is 6.56. The van der Waals surface area contributed by atoms with Gasteiger partial charge in [-0.3, -0.25) is 0 Å². The molecule has 0 saturated carbocycles. The lowest BCUT2D eigenvalue weighted by Gasteiger charge is -2.18. The number of thioether (sulfide) groups is 1. The Bertz CT molecular complexity index is 986. The van der Waals surface area contributed by atoms with E-state index in [1.807, 2.05) is 31.3 Å². The van der Waals surface area contributed by atoms with E-state index in [-0.39, 0.29) is 0 Å². The van der Waals surface area contributed by atoms with E-state index in [9.17, 15) is 0 Å². The molecule has 9 heteroatoms. The van der Waals surface area contributed by atoms with Crippen LogP contribution < -0.4 is 14.4 Å². The minimum absolute atomic E-state index is 0.363. The lowest BCUT2D eigenvalue weighted by Crippen LogP contribution is -2.12. The van der Waals surface area contributed by atoms with Crippen molar-refractivity contribution in [1.29, 1.82) is 0 Å². The molecule has 2 aromatic heterocycles. The number of halogens is 2. The van der Waals surface area contributed by atoms with Crippen molar-refractivity contribution in [3.8, 4) is 22.8 Å². The highest BCUT2D eigenvalue weighted by molar-refractivity contribution is 7.98. The molecule has 0 N–H and O–H groups in total. The molecule has 2 heterocycles. The molecule has 0 unspecified atom stereocenters. The summed E-state index contributed by atoms with van der Waals surface area (Å²) >= 11 is 14.6. The van der Waals surface area contributed by atoms with Gasteiger partial charge in [-0.05, 0) is 12.3 Å². The number of aromatic nitrogens is 3. The topological polar surface area (TPSA) is 60.4 Å². The molecule has 3 rings (SSSR count). The third-order valence-electron chi connectivity index (χ3n) is 3.96. The Hall–Kier alpha value is -1.96. The van der Waals surface area contributed by atoms with Crippen LogP contribution in [-0.4, -0.2) is 49.5 Å². The van der Waals surface area contributed by atoms with Gasteiger partial charge in [-0.1, -0.05) is 35.0 Å². The maximum absolute atomic E-state index is 6.56. The van der Waals surface area contributed by atoms with Crippen molar-refractivity contribution in [3.05, 3.63) is 28.4 Å². The number of fused-ring (bicyclic) bond motifs is 1. The summed E-state index contributed by atoms with van der Waals surface area (Å²) in [6.45, 7) is 0. The summed E-state index contributed by atoms with van der Waals surface area (Å²) in [7, 11) is 6.88. The molecular formula is C18H18Cl2N4O2S. The van der Waals surface area contributed by atoms with Gasteiger partial charge < -0.3 is 14.4 Å². The Morgan fingerprint density at radius 2 is 1.63 bits per heavy atom. The van der Waals surface area contributed by atoms with Crippen molar-refractivity contribution in [3.63, 3.8) is 0 Å². The molecule has 0 aliphatic heterocycles. The van der Waals surface area contributed by atoms with E-state index in [0.29, 0.717) is 43.8 Å². The summed E-state index contributed by atoms with van der Waals surface area (Å²) in [6.07, 6.45) is 3.70. The lowest BCUT2D eigenvalue weighted by atomic mass is 10.1. The Morgan fingerprint density at radius 3 is 2.15 bits per heavy atom. The largest absolute Gasteiger partial charge is 0.495 e. The number of methoxy groups -OCH3 is 2. The Kier molecular flexibility index (Phi) is 5.83. The molecule has 0 aliphatic rings. The molecule has 0 bridgehead atoms. The van der Waals surface area contributed by atoms with Crippen LogP contribution in [0.1, 0.15) is 0 Å². The van der Waals surface area contributed by atoms with Crippen molar-refractivity contribution in [2.75, 3.05) is 39.5 Å². The number of rotatable bonds is 5. The van der Waals surface area contributed by atoms with Gasteiger partial charge in [0.15, 0.2) is 11.0 Å². The van der Waals surface area contributed by atoms with Crippen molar-refractivity contribution in [2.45, 2.75) is 5.16 Å². The van der Waals surface area contributed by atoms with Crippen LogP contribution in [0.5, 0.6) is 11.5 Å². The Balaban J connectivity index is 2.36. The third kappa shape index (κ3) is 3.59. The number of anilines is 1. The lowest BCUT2D eigenvalue weighted by molar-refractivity contribution is 0.395. The van der Waals surface area contributed by atoms with Crippen LogP contribution in [0.3, 0.4) is 0 Å². The molecule has 0 atom stereocenters. The summed E-state index contributed by atoms with van der Waals surface area (Å²) in [5.41, 5.74) is 1.87. The smallest absolute Gasteiger partial charge is 0.187 e. The molecule has 3 aromatic rings. The van der Waals surface area contributed by atoms with Crippen LogP contribution in [0.2, 0.25) is 10.0 Å². The number of hydrogen-bond donors (Lipinski definition) is 0. The number of pyridine rings is 1. The van der Waals surface area contributed by atoms with E-state index in [1.165, 1.54) is 26.0 Å². The van der Waals surface area contributed by atoms with Crippen LogP contribution in [0.4, 0.5) is 5.82 Å². The SMILES string of the molecule is COc1cc(OC)c(Cl)c(-c2cc3cnc(SC)nc3c(N(C)C)n2)c1Cl. The number of ether oxygens (including phenoxy) is 2. The van der Waals surface area contributed by atoms with Crippen LogP contribution >= 0.6 is 35.0 Å². The summed E-state index contributed by atoms with van der Waals surface area (Å²) in [5, 5.41) is 2.23. The molecule has 0 saturated heterocycles. The van der Waals surface area contributed by atoms with Gasteiger partial charge >= 0.3 is 0 Å². The van der Waals surface area contributed by atoms with Crippen molar-refractivity contribution in [1.82, 2.24) is 15.0 Å². The number of hydrogen-bond acceptors (Lipinski definition) is 7. The maximum Gasteiger partial charge on any atom is 0.187 e. The molecule has 0 fully saturated rings. The molecule has 6 nitrogen and oxygen atoms in total. The monoisotopic (exact) mass is 424 g/mol. The van der Waals surface area contributed by atoms with Crippen LogP contribution in [0.25, 0.3) is 22.2 Å². The van der Waals surface area contributed by atoms with Crippen LogP contribution in [0, 0.1) is 0 Å². The first-order valence-corrected chi connectivity index (χ1v) is 9.88. The predicted molar refractivity (Wildman–Crippen MR) is 112 cm³/mol. The van der Waals surface area contributed by atoms with Crippen LogP contribution in [0.15, 0.2) is 23.5 Å².